The number of fused-ring (bicyclic) bond motifs is 1. The van der Waals surface area contributed by atoms with Crippen molar-refractivity contribution in [3.8, 4) is 0 Å². The average molecular weight is 385 g/mol. The van der Waals surface area contributed by atoms with Crippen LogP contribution in [0.15, 0.2) is 53.4 Å². The summed E-state index contributed by atoms with van der Waals surface area (Å²) in [5, 5.41) is 10.7. The van der Waals surface area contributed by atoms with Crippen LogP contribution in [0.1, 0.15) is 12.8 Å². The Hall–Kier alpha value is -2.78. The Labute approximate surface area is 156 Å². The van der Waals surface area contributed by atoms with Crippen LogP contribution in [0.25, 0.3) is 11.0 Å². The van der Waals surface area contributed by atoms with Crippen LogP contribution >= 0.6 is 0 Å². The highest BCUT2D eigenvalue weighted by atomic mass is 32.2. The molecule has 1 saturated heterocycles. The van der Waals surface area contributed by atoms with E-state index in [2.05, 4.69) is 15.6 Å². The number of sulfonamides is 1. The number of hydrogen-bond acceptors (Lipinski definition) is 5. The fourth-order valence-electron chi connectivity index (χ4n) is 3.18. The molecule has 0 saturated carbocycles. The maximum Gasteiger partial charge on any atom is 0.246 e. The minimum atomic E-state index is -3.52. The molecule has 1 N–H and O–H groups in total. The zero-order valence-corrected chi connectivity index (χ0v) is 15.4. The molecule has 4 rings (SSSR count). The van der Waals surface area contributed by atoms with Gasteiger partial charge >= 0.3 is 0 Å². The Bertz CT molecular complexity index is 1090. The van der Waals surface area contributed by atoms with Crippen LogP contribution in [0, 0.1) is 0 Å². The third-order valence-electron chi connectivity index (χ3n) is 4.53. The molecular formula is C18H19N5O3S. The van der Waals surface area contributed by atoms with Gasteiger partial charge in [-0.25, -0.2) is 13.1 Å². The summed E-state index contributed by atoms with van der Waals surface area (Å²) in [6.07, 6.45) is 1.75. The van der Waals surface area contributed by atoms with Crippen LogP contribution in [0.5, 0.6) is 0 Å². The van der Waals surface area contributed by atoms with Crippen LogP contribution in [-0.4, -0.2) is 46.7 Å². The Morgan fingerprint density at radius 1 is 1.07 bits per heavy atom. The summed E-state index contributed by atoms with van der Waals surface area (Å²) >= 11 is 0. The minimum Gasteiger partial charge on any atom is -0.324 e. The number of carbonyl (C=O) groups excluding carboxylic acids is 1. The molecule has 9 heteroatoms. The molecule has 1 aromatic heterocycles. The van der Waals surface area contributed by atoms with Crippen molar-refractivity contribution in [3.05, 3.63) is 48.5 Å². The van der Waals surface area contributed by atoms with Crippen LogP contribution in [0.2, 0.25) is 0 Å². The summed E-state index contributed by atoms with van der Waals surface area (Å²) in [6, 6.07) is 13.7. The summed E-state index contributed by atoms with van der Waals surface area (Å²) in [4.78, 5) is 12.6. The average Bonchev–Trinajstić information content (AvgIpc) is 3.33. The Kier molecular flexibility index (Phi) is 4.63. The number of para-hydroxylation sites is 1. The summed E-state index contributed by atoms with van der Waals surface area (Å²) in [5.74, 6) is -0.304. The van der Waals surface area contributed by atoms with Gasteiger partial charge in [0, 0.05) is 18.8 Å². The van der Waals surface area contributed by atoms with E-state index in [0.717, 1.165) is 18.4 Å². The van der Waals surface area contributed by atoms with E-state index in [9.17, 15) is 13.2 Å². The molecule has 1 amide bonds. The van der Waals surface area contributed by atoms with Crippen molar-refractivity contribution in [2.75, 3.05) is 18.4 Å². The molecule has 140 valence electrons. The number of anilines is 1. The quantitative estimate of drug-likeness (QED) is 0.723. The lowest BCUT2D eigenvalue weighted by Crippen LogP contribution is -2.28. The molecule has 2 aromatic carbocycles. The van der Waals surface area contributed by atoms with Crippen molar-refractivity contribution in [2.24, 2.45) is 0 Å². The second kappa shape index (κ2) is 7.09. The Morgan fingerprint density at radius 2 is 1.85 bits per heavy atom. The van der Waals surface area contributed by atoms with Crippen LogP contribution in [0.4, 0.5) is 5.69 Å². The smallest absolute Gasteiger partial charge is 0.246 e. The molecular weight excluding hydrogens is 366 g/mol. The fraction of sp³-hybridized carbons (Fsp3) is 0.278. The summed E-state index contributed by atoms with van der Waals surface area (Å²) in [7, 11) is -3.52. The van der Waals surface area contributed by atoms with E-state index in [4.69, 9.17) is 0 Å². The number of benzene rings is 2. The standard InChI is InChI=1S/C18H19N5O3S/c24-18(13-23-17-9-2-1-8-16(17)20-21-23)19-14-6-5-7-15(12-14)27(25,26)22-10-3-4-11-22/h1-2,5-9,12H,3-4,10-11,13H2,(H,19,24). The summed E-state index contributed by atoms with van der Waals surface area (Å²) < 4.78 is 28.3. The van der Waals surface area contributed by atoms with Gasteiger partial charge in [0.2, 0.25) is 15.9 Å². The molecule has 0 atom stereocenters. The van der Waals surface area contributed by atoms with E-state index >= 15 is 0 Å². The van der Waals surface area contributed by atoms with Gasteiger partial charge in [0.15, 0.2) is 0 Å². The largest absolute Gasteiger partial charge is 0.324 e. The number of nitrogens with one attached hydrogen (secondary N) is 1. The summed E-state index contributed by atoms with van der Waals surface area (Å²) in [6.45, 7) is 1.07. The van der Waals surface area contributed by atoms with Gasteiger partial charge in [-0.05, 0) is 43.2 Å². The Morgan fingerprint density at radius 3 is 2.67 bits per heavy atom. The van der Waals surface area contributed by atoms with Crippen LogP contribution < -0.4 is 5.32 Å². The Balaban J connectivity index is 1.50. The van der Waals surface area contributed by atoms with Crippen molar-refractivity contribution in [1.82, 2.24) is 19.3 Å². The predicted octanol–water partition coefficient (Wildman–Crippen LogP) is 1.85. The van der Waals surface area contributed by atoms with Gasteiger partial charge in [0.1, 0.15) is 12.1 Å². The third kappa shape index (κ3) is 3.56. The van der Waals surface area contributed by atoms with Crippen molar-refractivity contribution in [3.63, 3.8) is 0 Å². The number of amides is 1. The van der Waals surface area contributed by atoms with E-state index in [-0.39, 0.29) is 17.3 Å². The molecule has 0 unspecified atom stereocenters. The zero-order valence-electron chi connectivity index (χ0n) is 14.6. The lowest BCUT2D eigenvalue weighted by Gasteiger charge is -2.16. The molecule has 1 fully saturated rings. The van der Waals surface area contributed by atoms with Gasteiger partial charge in [-0.15, -0.1) is 5.10 Å². The van der Waals surface area contributed by atoms with Gasteiger partial charge in [-0.1, -0.05) is 23.4 Å². The van der Waals surface area contributed by atoms with E-state index in [0.29, 0.717) is 24.3 Å². The van der Waals surface area contributed by atoms with E-state index in [1.807, 2.05) is 24.3 Å². The molecule has 27 heavy (non-hydrogen) atoms. The molecule has 1 aliphatic heterocycles. The van der Waals surface area contributed by atoms with Crippen molar-refractivity contribution in [2.45, 2.75) is 24.3 Å². The number of carbonyl (C=O) groups is 1. The second-order valence-electron chi connectivity index (χ2n) is 6.42. The van der Waals surface area contributed by atoms with E-state index < -0.39 is 10.0 Å². The highest BCUT2D eigenvalue weighted by Crippen LogP contribution is 2.23. The number of hydrogen-bond donors (Lipinski definition) is 1. The lowest BCUT2D eigenvalue weighted by molar-refractivity contribution is -0.116. The van der Waals surface area contributed by atoms with Gasteiger partial charge in [0.05, 0.1) is 10.4 Å². The molecule has 1 aliphatic rings. The summed E-state index contributed by atoms with van der Waals surface area (Å²) in [5.41, 5.74) is 1.91. The number of aromatic nitrogens is 3. The normalized spacial score (nSPS) is 15.3. The SMILES string of the molecule is O=C(Cn1nnc2ccccc21)Nc1cccc(S(=O)(=O)N2CCCC2)c1. The first-order chi connectivity index (χ1) is 13.0. The lowest BCUT2D eigenvalue weighted by atomic mass is 10.3. The van der Waals surface area contributed by atoms with Crippen LogP contribution in [-0.2, 0) is 21.4 Å². The monoisotopic (exact) mass is 385 g/mol. The van der Waals surface area contributed by atoms with Gasteiger partial charge in [-0.3, -0.25) is 4.79 Å². The van der Waals surface area contributed by atoms with Gasteiger partial charge < -0.3 is 5.32 Å². The maximum absolute atomic E-state index is 12.7. The van der Waals surface area contributed by atoms with Gasteiger partial charge in [0.25, 0.3) is 0 Å². The first-order valence-corrected chi connectivity index (χ1v) is 10.2. The second-order valence-corrected chi connectivity index (χ2v) is 8.36. The molecule has 0 spiro atoms. The molecule has 3 aromatic rings. The van der Waals surface area contributed by atoms with E-state index in [1.54, 1.807) is 18.2 Å². The first-order valence-electron chi connectivity index (χ1n) is 8.72. The molecule has 0 aliphatic carbocycles. The topological polar surface area (TPSA) is 97.2 Å². The maximum atomic E-state index is 12.7. The van der Waals surface area contributed by atoms with Gasteiger partial charge in [-0.2, -0.15) is 4.31 Å². The third-order valence-corrected chi connectivity index (χ3v) is 6.43. The van der Waals surface area contributed by atoms with Crippen LogP contribution in [0.3, 0.4) is 0 Å². The zero-order chi connectivity index (χ0) is 18.9. The fourth-order valence-corrected chi connectivity index (χ4v) is 4.75. The highest BCUT2D eigenvalue weighted by Gasteiger charge is 2.27. The number of nitrogens with zero attached hydrogens (tertiary/aromatic N) is 4. The minimum absolute atomic E-state index is 0.0103. The van der Waals surface area contributed by atoms with E-state index in [1.165, 1.54) is 15.1 Å². The predicted molar refractivity (Wildman–Crippen MR) is 101 cm³/mol. The van der Waals surface area contributed by atoms with Crippen molar-refractivity contribution < 1.29 is 13.2 Å². The van der Waals surface area contributed by atoms with Crippen molar-refractivity contribution >= 4 is 32.7 Å². The highest BCUT2D eigenvalue weighted by molar-refractivity contribution is 7.89. The van der Waals surface area contributed by atoms with Crippen molar-refractivity contribution in [1.29, 1.82) is 0 Å². The number of rotatable bonds is 5. The first kappa shape index (κ1) is 17.6. The molecule has 0 radical (unpaired) electrons. The molecule has 2 heterocycles. The molecule has 0 bridgehead atoms. The molecule has 8 nitrogen and oxygen atoms in total.